The first kappa shape index (κ1) is 20.1. The van der Waals surface area contributed by atoms with E-state index in [9.17, 15) is 22.4 Å². The van der Waals surface area contributed by atoms with Gasteiger partial charge in [-0.2, -0.15) is 13.2 Å². The topological polar surface area (TPSA) is 48.4 Å². The summed E-state index contributed by atoms with van der Waals surface area (Å²) in [7, 11) is 0. The Bertz CT molecular complexity index is 965. The number of hydrogen-bond donors (Lipinski definition) is 0. The molecule has 0 aliphatic heterocycles. The van der Waals surface area contributed by atoms with Gasteiger partial charge in [-0.1, -0.05) is 6.07 Å². The number of pyridine rings is 1. The summed E-state index contributed by atoms with van der Waals surface area (Å²) in [5, 5.41) is -1.00. The Labute approximate surface area is 172 Å². The van der Waals surface area contributed by atoms with Crippen LogP contribution in [-0.2, 0) is 22.1 Å². The normalized spacial score (nSPS) is 23.2. The molecule has 1 heterocycles. The predicted molar refractivity (Wildman–Crippen MR) is 98.0 cm³/mol. The number of hydrogen-bond acceptors (Lipinski definition) is 4. The number of nitrogens with zero attached hydrogens (tertiary/aromatic N) is 1. The monoisotopic (exact) mass is 473 g/mol. The summed E-state index contributed by atoms with van der Waals surface area (Å²) in [6, 6.07) is 3.99. The van der Waals surface area contributed by atoms with Gasteiger partial charge in [-0.3, -0.25) is 4.79 Å². The molecule has 1 aromatic carbocycles. The first-order valence-electron chi connectivity index (χ1n) is 9.03. The smallest absolute Gasteiger partial charge is 0.416 e. The number of ether oxygens (including phenoxy) is 2. The molecule has 0 N–H and O–H groups in total. The number of fused-ring (bicyclic) bond motifs is 3. The molecule has 0 amide bonds. The summed E-state index contributed by atoms with van der Waals surface area (Å²) in [4.78, 5) is 16.1. The minimum absolute atomic E-state index is 0.0643. The molecule has 9 heteroatoms. The van der Waals surface area contributed by atoms with Crippen LogP contribution in [0.3, 0.4) is 0 Å². The second kappa shape index (κ2) is 7.27. The average molecular weight is 474 g/mol. The van der Waals surface area contributed by atoms with Crippen LogP contribution in [0.2, 0.25) is 0 Å². The molecule has 1 aromatic heterocycles. The third-order valence-electron chi connectivity index (χ3n) is 5.34. The lowest BCUT2D eigenvalue weighted by atomic mass is 10.0. The van der Waals surface area contributed by atoms with Crippen LogP contribution in [0.5, 0.6) is 5.88 Å². The van der Waals surface area contributed by atoms with E-state index in [0.717, 1.165) is 23.3 Å². The van der Waals surface area contributed by atoms with Crippen molar-refractivity contribution >= 4 is 21.9 Å². The zero-order valence-corrected chi connectivity index (χ0v) is 16.8. The SMILES string of the molecule is CCOC(=O)[C@H]1[C@@H]2Cc3cc(OC(Br)c4ccc(C(F)(F)F)cc4F)ncc3[C@@H]21. The molecular formula is C20H16BrF4NO3. The lowest BCUT2D eigenvalue weighted by Gasteiger charge is -2.16. The maximum Gasteiger partial charge on any atom is 0.416 e. The van der Waals surface area contributed by atoms with Crippen molar-refractivity contribution in [2.24, 2.45) is 11.8 Å². The summed E-state index contributed by atoms with van der Waals surface area (Å²) in [6.45, 7) is 2.12. The Balaban J connectivity index is 1.46. The van der Waals surface area contributed by atoms with Gasteiger partial charge in [0, 0.05) is 23.7 Å². The molecule has 1 saturated carbocycles. The summed E-state index contributed by atoms with van der Waals surface area (Å²) in [5.74, 6) is -0.806. The molecule has 1 unspecified atom stereocenters. The Hall–Kier alpha value is -2.16. The zero-order valence-electron chi connectivity index (χ0n) is 15.2. The van der Waals surface area contributed by atoms with Crippen molar-refractivity contribution in [1.29, 1.82) is 0 Å². The van der Waals surface area contributed by atoms with Crippen LogP contribution in [0.1, 0.15) is 40.1 Å². The number of aromatic nitrogens is 1. The van der Waals surface area contributed by atoms with Crippen LogP contribution < -0.4 is 4.74 Å². The van der Waals surface area contributed by atoms with E-state index < -0.39 is 22.6 Å². The maximum absolute atomic E-state index is 14.1. The standard InChI is InChI=1S/C20H16BrF4NO3/c1-2-28-19(27)17-12-5-9-6-15(26-8-13(9)16(12)17)29-18(21)11-4-3-10(7-14(11)22)20(23,24)25/h3-4,6-8,12,16-18H,2,5H2,1H3/t12-,16-,17+,18?/m1/s1. The third kappa shape index (κ3) is 3.72. The van der Waals surface area contributed by atoms with Crippen molar-refractivity contribution in [2.45, 2.75) is 30.5 Å². The van der Waals surface area contributed by atoms with Crippen LogP contribution in [0.25, 0.3) is 0 Å². The van der Waals surface area contributed by atoms with Crippen LogP contribution in [0, 0.1) is 17.7 Å². The fourth-order valence-electron chi connectivity index (χ4n) is 3.95. The highest BCUT2D eigenvalue weighted by molar-refractivity contribution is 9.09. The largest absolute Gasteiger partial charge is 0.466 e. The molecule has 2 aromatic rings. The quantitative estimate of drug-likeness (QED) is 0.341. The van der Waals surface area contributed by atoms with Gasteiger partial charge in [0.1, 0.15) is 5.82 Å². The Morgan fingerprint density at radius 3 is 2.76 bits per heavy atom. The fraction of sp³-hybridized carbons (Fsp3) is 0.400. The van der Waals surface area contributed by atoms with Gasteiger partial charge in [-0.15, -0.1) is 0 Å². The van der Waals surface area contributed by atoms with Gasteiger partial charge in [0.25, 0.3) is 0 Å². The number of benzene rings is 1. The van der Waals surface area contributed by atoms with Crippen molar-refractivity contribution < 1.29 is 31.8 Å². The molecule has 0 radical (unpaired) electrons. The van der Waals surface area contributed by atoms with E-state index in [1.54, 1.807) is 19.2 Å². The van der Waals surface area contributed by atoms with E-state index in [-0.39, 0.29) is 35.2 Å². The van der Waals surface area contributed by atoms with Crippen molar-refractivity contribution in [1.82, 2.24) is 4.98 Å². The van der Waals surface area contributed by atoms with E-state index in [0.29, 0.717) is 19.1 Å². The first-order valence-corrected chi connectivity index (χ1v) is 9.95. The van der Waals surface area contributed by atoms with Crippen molar-refractivity contribution in [3.63, 3.8) is 0 Å². The molecule has 154 valence electrons. The van der Waals surface area contributed by atoms with Gasteiger partial charge in [0.15, 0.2) is 5.01 Å². The molecule has 4 rings (SSSR count). The summed E-state index contributed by atoms with van der Waals surface area (Å²) >= 11 is 3.15. The number of carbonyl (C=O) groups is 1. The Kier molecular flexibility index (Phi) is 5.04. The summed E-state index contributed by atoms with van der Waals surface area (Å²) in [5.41, 5.74) is 0.848. The highest BCUT2D eigenvalue weighted by atomic mass is 79.9. The Morgan fingerprint density at radius 2 is 2.10 bits per heavy atom. The number of alkyl halides is 4. The van der Waals surface area contributed by atoms with Gasteiger partial charge < -0.3 is 9.47 Å². The molecule has 0 spiro atoms. The molecule has 29 heavy (non-hydrogen) atoms. The lowest BCUT2D eigenvalue weighted by Crippen LogP contribution is -2.11. The van der Waals surface area contributed by atoms with Crippen LogP contribution in [0.4, 0.5) is 17.6 Å². The summed E-state index contributed by atoms with van der Waals surface area (Å²) in [6.07, 6.45) is -2.28. The number of halogens is 5. The minimum Gasteiger partial charge on any atom is -0.466 e. The average Bonchev–Trinajstić information content (AvgIpc) is 3.23. The fourth-order valence-corrected chi connectivity index (χ4v) is 4.51. The van der Waals surface area contributed by atoms with Crippen molar-refractivity contribution in [3.05, 3.63) is 58.5 Å². The van der Waals surface area contributed by atoms with Crippen molar-refractivity contribution in [3.8, 4) is 5.88 Å². The zero-order chi connectivity index (χ0) is 20.9. The van der Waals surface area contributed by atoms with E-state index in [1.807, 2.05) is 0 Å². The highest BCUT2D eigenvalue weighted by Gasteiger charge is 2.60. The molecule has 0 saturated heterocycles. The van der Waals surface area contributed by atoms with E-state index in [2.05, 4.69) is 20.9 Å². The predicted octanol–water partition coefficient (Wildman–Crippen LogP) is 5.16. The van der Waals surface area contributed by atoms with Gasteiger partial charge >= 0.3 is 12.1 Å². The van der Waals surface area contributed by atoms with E-state index >= 15 is 0 Å². The molecular weight excluding hydrogens is 458 g/mol. The van der Waals surface area contributed by atoms with Crippen LogP contribution in [0.15, 0.2) is 30.5 Å². The number of carbonyl (C=O) groups excluding carboxylic acids is 1. The van der Waals surface area contributed by atoms with E-state index in [4.69, 9.17) is 9.47 Å². The third-order valence-corrected chi connectivity index (χ3v) is 6.02. The molecule has 1 fully saturated rings. The maximum atomic E-state index is 14.1. The minimum atomic E-state index is -4.62. The van der Waals surface area contributed by atoms with Crippen LogP contribution in [-0.4, -0.2) is 17.6 Å². The van der Waals surface area contributed by atoms with Gasteiger partial charge in [0.05, 0.1) is 18.1 Å². The molecule has 4 atom stereocenters. The van der Waals surface area contributed by atoms with Crippen LogP contribution >= 0.6 is 15.9 Å². The molecule has 4 nitrogen and oxygen atoms in total. The molecule has 0 bridgehead atoms. The lowest BCUT2D eigenvalue weighted by molar-refractivity contribution is -0.145. The first-order chi connectivity index (χ1) is 13.7. The number of esters is 1. The second-order valence-electron chi connectivity index (χ2n) is 7.06. The Morgan fingerprint density at radius 1 is 1.34 bits per heavy atom. The summed E-state index contributed by atoms with van der Waals surface area (Å²) < 4.78 is 62.8. The second-order valence-corrected chi connectivity index (χ2v) is 7.89. The molecule has 2 aliphatic rings. The van der Waals surface area contributed by atoms with Gasteiger partial charge in [-0.05, 0) is 58.5 Å². The number of rotatable bonds is 5. The van der Waals surface area contributed by atoms with E-state index in [1.165, 1.54) is 0 Å². The van der Waals surface area contributed by atoms with Crippen molar-refractivity contribution in [2.75, 3.05) is 6.61 Å². The highest BCUT2D eigenvalue weighted by Crippen LogP contribution is 2.62. The van der Waals surface area contributed by atoms with Gasteiger partial charge in [-0.25, -0.2) is 9.37 Å². The van der Waals surface area contributed by atoms with Gasteiger partial charge in [0.2, 0.25) is 5.88 Å². The molecule has 2 aliphatic carbocycles.